The first-order valence-electron chi connectivity index (χ1n) is 9.58. The van der Waals surface area contributed by atoms with Crippen molar-refractivity contribution in [2.45, 2.75) is 18.8 Å². The van der Waals surface area contributed by atoms with Gasteiger partial charge in [0.25, 0.3) is 5.56 Å². The Morgan fingerprint density at radius 3 is 2.27 bits per heavy atom. The molecule has 2 heterocycles. The van der Waals surface area contributed by atoms with Crippen molar-refractivity contribution in [1.82, 2.24) is 14.3 Å². The van der Waals surface area contributed by atoms with Crippen LogP contribution in [0.15, 0.2) is 83.1 Å². The lowest BCUT2D eigenvalue weighted by Crippen LogP contribution is -2.31. The van der Waals surface area contributed by atoms with Crippen LogP contribution in [0.2, 0.25) is 0 Å². The van der Waals surface area contributed by atoms with E-state index in [1.165, 1.54) is 27.5 Å². The van der Waals surface area contributed by atoms with E-state index < -0.39 is 0 Å². The number of carbonyl (C=O) groups is 1. The van der Waals surface area contributed by atoms with Gasteiger partial charge in [-0.1, -0.05) is 60.7 Å². The normalized spacial score (nSPS) is 10.9. The summed E-state index contributed by atoms with van der Waals surface area (Å²) < 4.78 is 1.53. The van der Waals surface area contributed by atoms with E-state index in [4.69, 9.17) is 0 Å². The zero-order valence-electron chi connectivity index (χ0n) is 16.3. The lowest BCUT2D eigenvalue weighted by atomic mass is 10.1. The van der Waals surface area contributed by atoms with Crippen molar-refractivity contribution in [2.75, 3.05) is 5.75 Å². The van der Waals surface area contributed by atoms with Crippen LogP contribution in [-0.4, -0.2) is 25.9 Å². The summed E-state index contributed by atoms with van der Waals surface area (Å²) in [7, 11) is 0. The number of fused-ring (bicyclic) bond motifs is 1. The molecule has 0 bridgehead atoms. The van der Waals surface area contributed by atoms with Gasteiger partial charge in [-0.05, 0) is 11.1 Å². The fourth-order valence-corrected chi connectivity index (χ4v) is 4.69. The molecule has 1 amide bonds. The van der Waals surface area contributed by atoms with E-state index in [1.54, 1.807) is 12.3 Å². The standard InChI is InChI=1S/C23H21N3O2S2/c27-21-13-20(24-23-26(21)11-12-30-23)16-29-17-22(28)25(14-18-7-3-1-4-8-18)15-19-9-5-2-6-10-19/h1-13H,14-17H2. The van der Waals surface area contributed by atoms with Crippen LogP contribution in [0.1, 0.15) is 16.8 Å². The van der Waals surface area contributed by atoms with Crippen LogP contribution < -0.4 is 5.56 Å². The maximum atomic E-state index is 13.0. The Kier molecular flexibility index (Phi) is 6.61. The summed E-state index contributed by atoms with van der Waals surface area (Å²) in [4.78, 5) is 32.2. The second-order valence-electron chi connectivity index (χ2n) is 6.86. The molecular weight excluding hydrogens is 414 g/mol. The summed E-state index contributed by atoms with van der Waals surface area (Å²) >= 11 is 2.92. The van der Waals surface area contributed by atoms with Crippen molar-refractivity contribution in [3.05, 3.63) is 105 Å². The maximum Gasteiger partial charge on any atom is 0.258 e. The molecule has 0 aliphatic rings. The highest BCUT2D eigenvalue weighted by atomic mass is 32.2. The van der Waals surface area contributed by atoms with E-state index in [0.717, 1.165) is 11.1 Å². The van der Waals surface area contributed by atoms with E-state index in [9.17, 15) is 9.59 Å². The summed E-state index contributed by atoms with van der Waals surface area (Å²) in [5, 5.41) is 1.84. The van der Waals surface area contributed by atoms with Crippen molar-refractivity contribution < 1.29 is 4.79 Å². The van der Waals surface area contributed by atoms with Gasteiger partial charge in [0.05, 0.1) is 11.4 Å². The molecule has 152 valence electrons. The molecule has 0 aliphatic heterocycles. The molecule has 0 fully saturated rings. The average molecular weight is 436 g/mol. The molecule has 0 radical (unpaired) electrons. The molecular formula is C23H21N3O2S2. The summed E-state index contributed by atoms with van der Waals surface area (Å²) in [6.45, 7) is 1.13. The molecule has 7 heteroatoms. The lowest BCUT2D eigenvalue weighted by Gasteiger charge is -2.23. The van der Waals surface area contributed by atoms with Crippen LogP contribution in [0.3, 0.4) is 0 Å². The molecule has 0 aliphatic carbocycles. The molecule has 0 saturated carbocycles. The number of aromatic nitrogens is 2. The van der Waals surface area contributed by atoms with E-state index in [0.29, 0.717) is 35.3 Å². The van der Waals surface area contributed by atoms with E-state index in [2.05, 4.69) is 4.98 Å². The van der Waals surface area contributed by atoms with Crippen LogP contribution >= 0.6 is 23.1 Å². The number of thiazole rings is 1. The largest absolute Gasteiger partial charge is 0.333 e. The second-order valence-corrected chi connectivity index (χ2v) is 8.71. The number of nitrogens with zero attached hydrogens (tertiary/aromatic N) is 3. The minimum Gasteiger partial charge on any atom is -0.333 e. The van der Waals surface area contributed by atoms with Gasteiger partial charge in [-0.15, -0.1) is 23.1 Å². The number of hydrogen-bond acceptors (Lipinski definition) is 5. The smallest absolute Gasteiger partial charge is 0.258 e. The van der Waals surface area contributed by atoms with Gasteiger partial charge in [-0.25, -0.2) is 4.98 Å². The van der Waals surface area contributed by atoms with Crippen molar-refractivity contribution in [1.29, 1.82) is 0 Å². The van der Waals surface area contributed by atoms with Gasteiger partial charge < -0.3 is 4.90 Å². The SMILES string of the molecule is O=C(CSCc1cc(=O)n2ccsc2n1)N(Cc1ccccc1)Cc1ccccc1. The Morgan fingerprint density at radius 2 is 1.63 bits per heavy atom. The van der Waals surface area contributed by atoms with Gasteiger partial charge in [0.2, 0.25) is 5.91 Å². The second kappa shape index (κ2) is 9.73. The van der Waals surface area contributed by atoms with Crippen LogP contribution in [0.4, 0.5) is 0 Å². The van der Waals surface area contributed by atoms with Crippen LogP contribution in [0, 0.1) is 0 Å². The Hall–Kier alpha value is -2.90. The van der Waals surface area contributed by atoms with Crippen molar-refractivity contribution in [3.63, 3.8) is 0 Å². The zero-order valence-corrected chi connectivity index (χ0v) is 17.9. The quantitative estimate of drug-likeness (QED) is 0.416. The van der Waals surface area contributed by atoms with E-state index >= 15 is 0 Å². The van der Waals surface area contributed by atoms with E-state index in [1.807, 2.05) is 70.9 Å². The fourth-order valence-electron chi connectivity index (χ4n) is 3.14. The first kappa shape index (κ1) is 20.4. The minimum absolute atomic E-state index is 0.0710. The predicted octanol–water partition coefficient (Wildman–Crippen LogP) is 4.22. The number of rotatable bonds is 8. The summed E-state index contributed by atoms with van der Waals surface area (Å²) in [5.41, 5.74) is 2.82. The molecule has 0 N–H and O–H groups in total. The molecule has 2 aromatic heterocycles. The molecule has 0 saturated heterocycles. The molecule has 2 aromatic carbocycles. The predicted molar refractivity (Wildman–Crippen MR) is 123 cm³/mol. The fraction of sp³-hybridized carbons (Fsp3) is 0.174. The van der Waals surface area contributed by atoms with Gasteiger partial charge in [0.1, 0.15) is 0 Å². The molecule has 5 nitrogen and oxygen atoms in total. The van der Waals surface area contributed by atoms with Gasteiger partial charge in [0, 0.05) is 36.5 Å². The van der Waals surface area contributed by atoms with Gasteiger partial charge in [-0.3, -0.25) is 14.0 Å². The summed E-state index contributed by atoms with van der Waals surface area (Å²) in [6.07, 6.45) is 1.72. The molecule has 0 unspecified atom stereocenters. The lowest BCUT2D eigenvalue weighted by molar-refractivity contribution is -0.129. The average Bonchev–Trinajstić information content (AvgIpc) is 3.24. The van der Waals surface area contributed by atoms with Crippen LogP contribution in [0.25, 0.3) is 4.96 Å². The van der Waals surface area contributed by atoms with Gasteiger partial charge >= 0.3 is 0 Å². The van der Waals surface area contributed by atoms with Gasteiger partial charge in [0.15, 0.2) is 4.96 Å². The number of hydrogen-bond donors (Lipinski definition) is 0. The third-order valence-electron chi connectivity index (χ3n) is 4.62. The highest BCUT2D eigenvalue weighted by Crippen LogP contribution is 2.16. The highest BCUT2D eigenvalue weighted by molar-refractivity contribution is 7.99. The van der Waals surface area contributed by atoms with Crippen molar-refractivity contribution >= 4 is 34.0 Å². The Bertz CT molecular complexity index is 1130. The Balaban J connectivity index is 1.41. The Morgan fingerprint density at radius 1 is 1.00 bits per heavy atom. The van der Waals surface area contributed by atoms with E-state index in [-0.39, 0.29) is 11.5 Å². The first-order valence-corrected chi connectivity index (χ1v) is 11.6. The number of thioether (sulfide) groups is 1. The topological polar surface area (TPSA) is 54.7 Å². The number of benzene rings is 2. The van der Waals surface area contributed by atoms with Crippen molar-refractivity contribution in [3.8, 4) is 0 Å². The van der Waals surface area contributed by atoms with Crippen LogP contribution in [0.5, 0.6) is 0 Å². The molecule has 4 aromatic rings. The van der Waals surface area contributed by atoms with Crippen LogP contribution in [-0.2, 0) is 23.6 Å². The first-order chi connectivity index (χ1) is 14.7. The minimum atomic E-state index is -0.0852. The van der Waals surface area contributed by atoms with Crippen molar-refractivity contribution in [2.24, 2.45) is 0 Å². The number of amides is 1. The van der Waals surface area contributed by atoms with Gasteiger partial charge in [-0.2, -0.15) is 0 Å². The molecule has 30 heavy (non-hydrogen) atoms. The zero-order chi connectivity index (χ0) is 20.8. The Labute approximate surface area is 183 Å². The summed E-state index contributed by atoms with van der Waals surface area (Å²) in [6, 6.07) is 21.6. The molecule has 4 rings (SSSR count). The highest BCUT2D eigenvalue weighted by Gasteiger charge is 2.15. The number of carbonyl (C=O) groups excluding carboxylic acids is 1. The third-order valence-corrected chi connectivity index (χ3v) is 6.32. The maximum absolute atomic E-state index is 13.0. The molecule has 0 spiro atoms. The monoisotopic (exact) mass is 435 g/mol. The summed E-state index contributed by atoms with van der Waals surface area (Å²) in [5.74, 6) is 0.937. The third kappa shape index (κ3) is 5.17. The molecule has 0 atom stereocenters.